The number of Topliss-reactive ketones (excluding diaryl/α,β-unsaturated/α-hetero) is 1. The molecule has 0 aromatic heterocycles. The van der Waals surface area contributed by atoms with E-state index in [1.165, 1.54) is 6.92 Å². The van der Waals surface area contributed by atoms with E-state index in [1.807, 2.05) is 6.92 Å². The number of anilines is 1. The van der Waals surface area contributed by atoms with Gasteiger partial charge < -0.3 is 19.5 Å². The van der Waals surface area contributed by atoms with Crippen LogP contribution >= 0.6 is 0 Å². The molecule has 2 aromatic rings. The third kappa shape index (κ3) is 6.47. The Morgan fingerprint density at radius 2 is 1.52 bits per heavy atom. The molecule has 0 saturated heterocycles. The van der Waals surface area contributed by atoms with Gasteiger partial charge in [-0.25, -0.2) is 4.79 Å². The van der Waals surface area contributed by atoms with Gasteiger partial charge in [0, 0.05) is 5.56 Å². The summed E-state index contributed by atoms with van der Waals surface area (Å²) in [7, 11) is 0. The van der Waals surface area contributed by atoms with Gasteiger partial charge in [0.25, 0.3) is 5.91 Å². The number of ether oxygens (including phenoxy) is 3. The van der Waals surface area contributed by atoms with Crippen LogP contribution in [0.25, 0.3) is 0 Å². The summed E-state index contributed by atoms with van der Waals surface area (Å²) in [5.74, 6) is -0.214. The number of carbonyl (C=O) groups is 3. The molecule has 2 aromatic carbocycles. The zero-order valence-corrected chi connectivity index (χ0v) is 15.2. The third-order valence-electron chi connectivity index (χ3n) is 3.44. The minimum absolute atomic E-state index is 0.174. The number of ketones is 1. The zero-order valence-electron chi connectivity index (χ0n) is 15.2. The van der Waals surface area contributed by atoms with Crippen LogP contribution in [0.1, 0.15) is 24.2 Å². The van der Waals surface area contributed by atoms with Crippen LogP contribution in [0.3, 0.4) is 0 Å². The quantitative estimate of drug-likeness (QED) is 0.538. The summed E-state index contributed by atoms with van der Waals surface area (Å²) in [6.45, 7) is 3.05. The Bertz CT molecular complexity index is 800. The number of benzene rings is 2. The normalized spacial score (nSPS) is 10.0. The van der Waals surface area contributed by atoms with Gasteiger partial charge in [0.2, 0.25) is 0 Å². The van der Waals surface area contributed by atoms with Crippen molar-refractivity contribution in [3.63, 3.8) is 0 Å². The molecule has 0 spiro atoms. The fourth-order valence-corrected chi connectivity index (χ4v) is 2.21. The second-order valence-electron chi connectivity index (χ2n) is 5.50. The van der Waals surface area contributed by atoms with Crippen molar-refractivity contribution < 1.29 is 28.6 Å². The smallest absolute Gasteiger partial charge is 0.344 e. The van der Waals surface area contributed by atoms with E-state index in [9.17, 15) is 14.4 Å². The summed E-state index contributed by atoms with van der Waals surface area (Å²) in [6, 6.07) is 13.4. The van der Waals surface area contributed by atoms with Crippen molar-refractivity contribution in [1.82, 2.24) is 0 Å². The number of amides is 1. The Kier molecular flexibility index (Phi) is 7.37. The summed E-state index contributed by atoms with van der Waals surface area (Å²) < 4.78 is 15.5. The molecular weight excluding hydrogens is 350 g/mol. The Labute approximate surface area is 157 Å². The van der Waals surface area contributed by atoms with Crippen LogP contribution in [-0.2, 0) is 14.3 Å². The fourth-order valence-electron chi connectivity index (χ4n) is 2.21. The molecule has 0 radical (unpaired) electrons. The van der Waals surface area contributed by atoms with E-state index in [1.54, 1.807) is 48.5 Å². The number of rotatable bonds is 9. The molecule has 27 heavy (non-hydrogen) atoms. The van der Waals surface area contributed by atoms with Crippen LogP contribution in [0.15, 0.2) is 48.5 Å². The first kappa shape index (κ1) is 20.0. The lowest BCUT2D eigenvalue weighted by Crippen LogP contribution is -2.24. The largest absolute Gasteiger partial charge is 0.494 e. The molecule has 0 bridgehead atoms. The van der Waals surface area contributed by atoms with Gasteiger partial charge in [-0.3, -0.25) is 9.59 Å². The first-order valence-electron chi connectivity index (χ1n) is 8.40. The lowest BCUT2D eigenvalue weighted by Gasteiger charge is -2.10. The molecule has 0 fully saturated rings. The molecule has 0 aliphatic heterocycles. The Balaban J connectivity index is 1.76. The van der Waals surface area contributed by atoms with Gasteiger partial charge in [-0.1, -0.05) is 12.1 Å². The molecule has 0 heterocycles. The summed E-state index contributed by atoms with van der Waals surface area (Å²) in [5, 5.41) is 2.55. The van der Waals surface area contributed by atoms with Crippen molar-refractivity contribution in [1.29, 1.82) is 0 Å². The first-order chi connectivity index (χ1) is 13.0. The van der Waals surface area contributed by atoms with Crippen molar-refractivity contribution in [2.45, 2.75) is 13.8 Å². The molecule has 0 saturated carbocycles. The maximum atomic E-state index is 11.9. The highest BCUT2D eigenvalue weighted by Gasteiger charge is 2.12. The van der Waals surface area contributed by atoms with Gasteiger partial charge in [0.15, 0.2) is 19.0 Å². The zero-order chi connectivity index (χ0) is 19.6. The summed E-state index contributed by atoms with van der Waals surface area (Å²) in [5.41, 5.74) is 0.757. The minimum atomic E-state index is -0.682. The van der Waals surface area contributed by atoms with Crippen LogP contribution in [0, 0.1) is 0 Å². The van der Waals surface area contributed by atoms with Gasteiger partial charge >= 0.3 is 5.97 Å². The second kappa shape index (κ2) is 9.96. The highest BCUT2D eigenvalue weighted by molar-refractivity contribution is 6.04. The van der Waals surface area contributed by atoms with Gasteiger partial charge in [0.05, 0.1) is 12.3 Å². The maximum Gasteiger partial charge on any atom is 0.344 e. The molecule has 0 unspecified atom stereocenters. The number of hydrogen-bond acceptors (Lipinski definition) is 6. The van der Waals surface area contributed by atoms with E-state index in [2.05, 4.69) is 5.32 Å². The monoisotopic (exact) mass is 371 g/mol. The fraction of sp³-hybridized carbons (Fsp3) is 0.250. The number of esters is 1. The van der Waals surface area contributed by atoms with E-state index in [0.717, 1.165) is 0 Å². The lowest BCUT2D eigenvalue weighted by atomic mass is 10.1. The maximum absolute atomic E-state index is 11.9. The molecule has 1 amide bonds. The molecule has 0 aliphatic carbocycles. The number of carbonyl (C=O) groups excluding carboxylic acids is 3. The van der Waals surface area contributed by atoms with E-state index in [-0.39, 0.29) is 12.4 Å². The molecular formula is C20H21NO6. The summed E-state index contributed by atoms with van der Waals surface area (Å²) in [6.07, 6.45) is 0. The van der Waals surface area contributed by atoms with Crippen molar-refractivity contribution in [3.8, 4) is 11.5 Å². The van der Waals surface area contributed by atoms with Gasteiger partial charge in [-0.05, 0) is 50.2 Å². The molecule has 1 N–H and O–H groups in total. The number of para-hydroxylation sites is 1. The Morgan fingerprint density at radius 3 is 2.15 bits per heavy atom. The van der Waals surface area contributed by atoms with Crippen LogP contribution < -0.4 is 14.8 Å². The molecule has 142 valence electrons. The second-order valence-corrected chi connectivity index (χ2v) is 5.50. The summed E-state index contributed by atoms with van der Waals surface area (Å²) >= 11 is 0. The van der Waals surface area contributed by atoms with Crippen molar-refractivity contribution in [2.24, 2.45) is 0 Å². The Morgan fingerprint density at radius 1 is 0.889 bits per heavy atom. The predicted molar refractivity (Wildman–Crippen MR) is 99.1 cm³/mol. The average Bonchev–Trinajstić information content (AvgIpc) is 2.66. The Hall–Kier alpha value is -3.35. The van der Waals surface area contributed by atoms with E-state index < -0.39 is 18.5 Å². The van der Waals surface area contributed by atoms with Crippen LogP contribution in [0.5, 0.6) is 11.5 Å². The number of nitrogens with one attached hydrogen (secondary N) is 1. The van der Waals surface area contributed by atoms with Crippen LogP contribution in [0.2, 0.25) is 0 Å². The molecule has 0 atom stereocenters. The van der Waals surface area contributed by atoms with E-state index >= 15 is 0 Å². The molecule has 2 rings (SSSR count). The minimum Gasteiger partial charge on any atom is -0.494 e. The van der Waals surface area contributed by atoms with Crippen LogP contribution in [-0.4, -0.2) is 37.5 Å². The highest BCUT2D eigenvalue weighted by atomic mass is 16.6. The molecule has 7 nitrogen and oxygen atoms in total. The van der Waals surface area contributed by atoms with Crippen molar-refractivity contribution in [3.05, 3.63) is 54.1 Å². The third-order valence-corrected chi connectivity index (χ3v) is 3.44. The first-order valence-corrected chi connectivity index (χ1v) is 8.40. The van der Waals surface area contributed by atoms with Gasteiger partial charge in [-0.2, -0.15) is 0 Å². The SMILES string of the molecule is CCOc1ccc(OCC(=O)OCC(=O)Nc2ccccc2C(C)=O)cc1. The standard InChI is InChI=1S/C20H21NO6/c1-3-25-15-8-10-16(11-9-15)26-13-20(24)27-12-19(23)21-18-7-5-4-6-17(18)14(2)22/h4-11H,3,12-13H2,1-2H3,(H,21,23). The van der Waals surface area contributed by atoms with E-state index in [0.29, 0.717) is 29.4 Å². The van der Waals surface area contributed by atoms with Crippen LogP contribution in [0.4, 0.5) is 5.69 Å². The van der Waals surface area contributed by atoms with Crippen molar-refractivity contribution in [2.75, 3.05) is 25.1 Å². The predicted octanol–water partition coefficient (Wildman–Crippen LogP) is 2.85. The van der Waals surface area contributed by atoms with Crippen molar-refractivity contribution >= 4 is 23.3 Å². The molecule has 7 heteroatoms. The molecule has 0 aliphatic rings. The summed E-state index contributed by atoms with van der Waals surface area (Å²) in [4.78, 5) is 35.2. The van der Waals surface area contributed by atoms with Gasteiger partial charge in [0.1, 0.15) is 11.5 Å². The topological polar surface area (TPSA) is 90.9 Å². The van der Waals surface area contributed by atoms with Gasteiger partial charge in [-0.15, -0.1) is 0 Å². The number of hydrogen-bond donors (Lipinski definition) is 1. The van der Waals surface area contributed by atoms with E-state index in [4.69, 9.17) is 14.2 Å². The highest BCUT2D eigenvalue weighted by Crippen LogP contribution is 2.17. The lowest BCUT2D eigenvalue weighted by molar-refractivity contribution is -0.149. The average molecular weight is 371 g/mol.